The molecule has 1 aromatic carbocycles. The Bertz CT molecular complexity index is 691. The highest BCUT2D eigenvalue weighted by atomic mass is 16.7. The van der Waals surface area contributed by atoms with Gasteiger partial charge in [-0.2, -0.15) is 0 Å². The third kappa shape index (κ3) is 2.02. The summed E-state index contributed by atoms with van der Waals surface area (Å²) in [6, 6.07) is 11.2. The Morgan fingerprint density at radius 2 is 1.90 bits per heavy atom. The Labute approximate surface area is 117 Å². The third-order valence-corrected chi connectivity index (χ3v) is 3.70. The van der Waals surface area contributed by atoms with E-state index in [1.54, 1.807) is 6.07 Å². The van der Waals surface area contributed by atoms with Crippen molar-refractivity contribution < 1.29 is 9.47 Å². The molecule has 0 spiro atoms. The molecule has 2 heterocycles. The molecule has 0 radical (unpaired) electrons. The van der Waals surface area contributed by atoms with Crippen LogP contribution in [0.5, 0.6) is 5.75 Å². The van der Waals surface area contributed by atoms with Crippen molar-refractivity contribution in [1.29, 1.82) is 0 Å². The molecule has 4 heteroatoms. The highest BCUT2D eigenvalue weighted by Crippen LogP contribution is 2.37. The van der Waals surface area contributed by atoms with Crippen LogP contribution in [0.3, 0.4) is 0 Å². The molecule has 2 aromatic rings. The van der Waals surface area contributed by atoms with E-state index in [0.29, 0.717) is 5.75 Å². The van der Waals surface area contributed by atoms with Crippen molar-refractivity contribution in [3.05, 3.63) is 63.6 Å². The molecular weight excluding hydrogens is 254 g/mol. The number of nitrogens with zero attached hydrogens (tertiary/aromatic N) is 1. The molecule has 0 saturated carbocycles. The van der Waals surface area contributed by atoms with Crippen LogP contribution in [0.1, 0.15) is 36.3 Å². The summed E-state index contributed by atoms with van der Waals surface area (Å²) in [5.74, 6) is 0.394. The summed E-state index contributed by atoms with van der Waals surface area (Å²) in [5, 5.41) is 0. The molecule has 0 fully saturated rings. The van der Waals surface area contributed by atoms with Gasteiger partial charge in [-0.3, -0.25) is 4.79 Å². The number of aryl methyl sites for hydroxylation is 1. The molecule has 0 amide bonds. The first kappa shape index (κ1) is 12.9. The molecule has 4 nitrogen and oxygen atoms in total. The molecule has 0 bridgehead atoms. The summed E-state index contributed by atoms with van der Waals surface area (Å²) in [5.41, 5.74) is 2.51. The lowest BCUT2D eigenvalue weighted by molar-refractivity contribution is -0.142. The average molecular weight is 271 g/mol. The quantitative estimate of drug-likeness (QED) is 0.800. The van der Waals surface area contributed by atoms with E-state index in [1.165, 1.54) is 0 Å². The number of rotatable bonds is 1. The molecule has 104 valence electrons. The molecule has 2 atom stereocenters. The Balaban J connectivity index is 2.08. The van der Waals surface area contributed by atoms with Gasteiger partial charge in [0, 0.05) is 24.4 Å². The molecule has 3 rings (SSSR count). The zero-order chi connectivity index (χ0) is 14.3. The smallest absolute Gasteiger partial charge is 0.227 e. The summed E-state index contributed by atoms with van der Waals surface area (Å²) in [7, 11) is 1.92. The maximum atomic E-state index is 12.2. The van der Waals surface area contributed by atoms with Crippen molar-refractivity contribution in [2.24, 2.45) is 7.05 Å². The van der Waals surface area contributed by atoms with E-state index in [-0.39, 0.29) is 11.5 Å². The number of hydrogen-bond acceptors (Lipinski definition) is 3. The number of aromatic nitrogens is 1. The minimum atomic E-state index is -0.533. The van der Waals surface area contributed by atoms with Crippen molar-refractivity contribution >= 4 is 0 Å². The predicted molar refractivity (Wildman–Crippen MR) is 75.7 cm³/mol. The number of hydrogen-bond donors (Lipinski definition) is 0. The Hall–Kier alpha value is -2.07. The van der Waals surface area contributed by atoms with E-state index in [4.69, 9.17) is 9.47 Å². The molecule has 1 aromatic heterocycles. The summed E-state index contributed by atoms with van der Waals surface area (Å²) >= 11 is 0. The van der Waals surface area contributed by atoms with Gasteiger partial charge in [-0.1, -0.05) is 30.3 Å². The van der Waals surface area contributed by atoms with Crippen LogP contribution in [-0.4, -0.2) is 4.57 Å². The molecule has 1 aliphatic rings. The van der Waals surface area contributed by atoms with Crippen molar-refractivity contribution in [1.82, 2.24) is 4.57 Å². The lowest BCUT2D eigenvalue weighted by Crippen LogP contribution is -2.28. The lowest BCUT2D eigenvalue weighted by atomic mass is 10.1. The highest BCUT2D eigenvalue weighted by molar-refractivity contribution is 5.34. The van der Waals surface area contributed by atoms with Gasteiger partial charge in [-0.05, 0) is 13.8 Å². The average Bonchev–Trinajstić information content (AvgIpc) is 2.45. The van der Waals surface area contributed by atoms with Crippen LogP contribution in [-0.2, 0) is 11.8 Å². The minimum absolute atomic E-state index is 0.0910. The van der Waals surface area contributed by atoms with Gasteiger partial charge in [0.05, 0.1) is 5.69 Å². The summed E-state index contributed by atoms with van der Waals surface area (Å²) in [6.07, 6.45) is -0.726. The van der Waals surface area contributed by atoms with Gasteiger partial charge in [0.1, 0.15) is 6.10 Å². The minimum Gasteiger partial charge on any atom is -0.455 e. The van der Waals surface area contributed by atoms with Crippen LogP contribution in [0, 0.1) is 6.92 Å². The fourth-order valence-corrected chi connectivity index (χ4v) is 2.54. The maximum absolute atomic E-state index is 12.2. The molecule has 1 aliphatic heterocycles. The van der Waals surface area contributed by atoms with Crippen LogP contribution in [0.15, 0.2) is 41.2 Å². The number of ether oxygens (including phenoxy) is 2. The lowest BCUT2D eigenvalue weighted by Gasteiger charge is -2.32. The summed E-state index contributed by atoms with van der Waals surface area (Å²) in [6.45, 7) is 3.84. The third-order valence-electron chi connectivity index (χ3n) is 3.70. The van der Waals surface area contributed by atoms with Gasteiger partial charge >= 0.3 is 0 Å². The Morgan fingerprint density at radius 3 is 2.60 bits per heavy atom. The normalized spacial score (nSPS) is 21.1. The molecule has 20 heavy (non-hydrogen) atoms. The van der Waals surface area contributed by atoms with Gasteiger partial charge < -0.3 is 14.0 Å². The Kier molecular flexibility index (Phi) is 3.10. The van der Waals surface area contributed by atoms with Gasteiger partial charge in [0.15, 0.2) is 5.75 Å². The summed E-state index contributed by atoms with van der Waals surface area (Å²) in [4.78, 5) is 12.2. The first-order valence-corrected chi connectivity index (χ1v) is 6.65. The standard InChI is InChI=1S/C16H17NO3/c1-10-9-13(18)15-14(17(10)3)11(2)19-16(20-15)12-7-5-4-6-8-12/h4-9,11,16H,1-3H3/t11-,16-/m1/s1. The van der Waals surface area contributed by atoms with Crippen LogP contribution < -0.4 is 10.2 Å². The Morgan fingerprint density at radius 1 is 1.20 bits per heavy atom. The van der Waals surface area contributed by atoms with Crippen molar-refractivity contribution in [3.8, 4) is 5.75 Å². The second-order valence-corrected chi connectivity index (χ2v) is 5.06. The van der Waals surface area contributed by atoms with E-state index >= 15 is 0 Å². The van der Waals surface area contributed by atoms with Crippen molar-refractivity contribution in [2.45, 2.75) is 26.2 Å². The van der Waals surface area contributed by atoms with E-state index in [2.05, 4.69) is 0 Å². The van der Waals surface area contributed by atoms with Gasteiger partial charge in [0.25, 0.3) is 0 Å². The monoisotopic (exact) mass is 271 g/mol. The largest absolute Gasteiger partial charge is 0.455 e. The van der Waals surface area contributed by atoms with E-state index < -0.39 is 6.29 Å². The molecule has 0 saturated heterocycles. The predicted octanol–water partition coefficient (Wildman–Crippen LogP) is 2.86. The first-order valence-electron chi connectivity index (χ1n) is 6.65. The van der Waals surface area contributed by atoms with E-state index in [1.807, 2.05) is 55.8 Å². The van der Waals surface area contributed by atoms with Crippen LogP contribution >= 0.6 is 0 Å². The fraction of sp³-hybridized carbons (Fsp3) is 0.312. The molecule has 0 unspecified atom stereocenters. The molecular formula is C16H17NO3. The van der Waals surface area contributed by atoms with Crippen LogP contribution in [0.25, 0.3) is 0 Å². The number of benzene rings is 1. The topological polar surface area (TPSA) is 40.5 Å². The van der Waals surface area contributed by atoms with E-state index in [0.717, 1.165) is 17.0 Å². The first-order chi connectivity index (χ1) is 9.58. The second kappa shape index (κ2) is 4.80. The SMILES string of the molecule is Cc1cc(=O)c2c(n1C)[C@@H](C)O[C@@H](c1ccccc1)O2. The fourth-order valence-electron chi connectivity index (χ4n) is 2.54. The number of pyridine rings is 1. The highest BCUT2D eigenvalue weighted by Gasteiger charge is 2.31. The van der Waals surface area contributed by atoms with Gasteiger partial charge in [0.2, 0.25) is 11.7 Å². The van der Waals surface area contributed by atoms with Gasteiger partial charge in [-0.15, -0.1) is 0 Å². The van der Waals surface area contributed by atoms with Crippen LogP contribution in [0.2, 0.25) is 0 Å². The maximum Gasteiger partial charge on any atom is 0.227 e. The summed E-state index contributed by atoms with van der Waals surface area (Å²) < 4.78 is 13.7. The number of fused-ring (bicyclic) bond motifs is 1. The molecule has 0 N–H and O–H groups in total. The van der Waals surface area contributed by atoms with E-state index in [9.17, 15) is 4.79 Å². The van der Waals surface area contributed by atoms with Gasteiger partial charge in [-0.25, -0.2) is 0 Å². The van der Waals surface area contributed by atoms with Crippen molar-refractivity contribution in [3.63, 3.8) is 0 Å². The molecule has 0 aliphatic carbocycles. The zero-order valence-electron chi connectivity index (χ0n) is 11.8. The van der Waals surface area contributed by atoms with Crippen molar-refractivity contribution in [2.75, 3.05) is 0 Å². The zero-order valence-corrected chi connectivity index (χ0v) is 11.8. The van der Waals surface area contributed by atoms with Crippen LogP contribution in [0.4, 0.5) is 0 Å². The second-order valence-electron chi connectivity index (χ2n) is 5.06.